The number of sulfonamides is 2. The van der Waals surface area contributed by atoms with Crippen molar-refractivity contribution in [1.82, 2.24) is 39.6 Å². The number of aliphatic hydroxyl groups is 1. The molecular formula is C42H48N10O6S2. The summed E-state index contributed by atoms with van der Waals surface area (Å²) in [6.45, 7) is 11.8. The molecule has 4 N–H and O–H groups in total. The Hall–Kier alpha value is -5.62. The molecule has 4 heterocycles. The van der Waals surface area contributed by atoms with E-state index in [-0.39, 0.29) is 22.2 Å². The zero-order chi connectivity index (χ0) is 42.5. The van der Waals surface area contributed by atoms with Gasteiger partial charge < -0.3 is 5.11 Å². The quantitative estimate of drug-likeness (QED) is 0.128. The fourth-order valence-corrected chi connectivity index (χ4v) is 11.7. The molecule has 16 nitrogen and oxygen atoms in total. The Balaban J connectivity index is 1.08. The van der Waals surface area contributed by atoms with E-state index in [9.17, 15) is 26.7 Å². The predicted octanol–water partition coefficient (Wildman–Crippen LogP) is 6.21. The highest BCUT2D eigenvalue weighted by Gasteiger charge is 2.43. The average Bonchev–Trinajstić information content (AvgIpc) is 4.02. The summed E-state index contributed by atoms with van der Waals surface area (Å²) in [5.74, 6) is 0.0283. The van der Waals surface area contributed by atoms with E-state index in [1.54, 1.807) is 48.5 Å². The maximum atomic E-state index is 14.5. The lowest BCUT2D eigenvalue weighted by atomic mass is 9.77. The molecule has 4 aromatic heterocycles. The number of fused-ring (bicyclic) bond motifs is 2. The Labute approximate surface area is 347 Å². The number of nitrogens with zero attached hydrogens (tertiary/aromatic N) is 7. The molecule has 3 aliphatic carbocycles. The molecule has 0 spiro atoms. The number of benzene rings is 2. The number of anilines is 2. The first kappa shape index (κ1) is 39.8. The number of hydrogen-bond acceptors (Lipinski definition) is 11. The lowest BCUT2D eigenvalue weighted by molar-refractivity contribution is -0.109. The second kappa shape index (κ2) is 14.0. The molecule has 0 unspecified atom stereocenters. The van der Waals surface area contributed by atoms with Gasteiger partial charge >= 0.3 is 0 Å². The van der Waals surface area contributed by atoms with Gasteiger partial charge in [-0.25, -0.2) is 26.8 Å². The Morgan fingerprint density at radius 1 is 0.667 bits per heavy atom. The summed E-state index contributed by atoms with van der Waals surface area (Å²) in [6, 6.07) is 13.6. The number of Topliss-reactive ketones (excluding diaryl/α,β-unsaturated/α-hetero) is 1. The van der Waals surface area contributed by atoms with Crippen LogP contribution in [0.1, 0.15) is 110 Å². The lowest BCUT2D eigenvalue weighted by Gasteiger charge is -2.25. The number of carbonyl (C=O) groups excluding carboxylic acids is 1. The SMILES string of the molecule is CC(C)(C)c1[nH]n2nc(-c3ccc(NS(=O)(=O)C4CCCC4)cc3)nc2c1C1=C(O)C(=c2c(C(C)(C)C)nn3nc(-c4ccc(NS(=O)(=O)C5CCCC5)cc4)nc23)C1=O. The van der Waals surface area contributed by atoms with Crippen molar-refractivity contribution in [2.45, 2.75) is 114 Å². The van der Waals surface area contributed by atoms with Gasteiger partial charge in [0.25, 0.3) is 0 Å². The zero-order valence-corrected chi connectivity index (χ0v) is 36.0. The molecule has 0 radical (unpaired) electrons. The van der Waals surface area contributed by atoms with Gasteiger partial charge in [-0.1, -0.05) is 67.2 Å². The monoisotopic (exact) mass is 852 g/mol. The largest absolute Gasteiger partial charge is 0.506 e. The third kappa shape index (κ3) is 6.82. The van der Waals surface area contributed by atoms with E-state index in [4.69, 9.17) is 15.1 Å². The highest BCUT2D eigenvalue weighted by atomic mass is 32.2. The second-order valence-electron chi connectivity index (χ2n) is 18.2. The van der Waals surface area contributed by atoms with Crippen LogP contribution in [0.5, 0.6) is 0 Å². The summed E-state index contributed by atoms with van der Waals surface area (Å²) in [6.07, 6.45) is 6.25. The number of rotatable bonds is 9. The number of ketones is 1. The van der Waals surface area contributed by atoms with Crippen LogP contribution in [0.3, 0.4) is 0 Å². The molecule has 0 amide bonds. The fourth-order valence-electron chi connectivity index (χ4n) is 8.52. The van der Waals surface area contributed by atoms with Gasteiger partial charge in [-0.3, -0.25) is 19.3 Å². The first-order chi connectivity index (χ1) is 28.3. The minimum absolute atomic E-state index is 0.0719. The van der Waals surface area contributed by atoms with E-state index in [0.717, 1.165) is 25.7 Å². The van der Waals surface area contributed by atoms with E-state index in [1.165, 1.54) is 9.26 Å². The van der Waals surface area contributed by atoms with Crippen LogP contribution in [0.4, 0.5) is 11.4 Å². The summed E-state index contributed by atoms with van der Waals surface area (Å²) in [7, 11) is -6.99. The topological polar surface area (TPSA) is 219 Å². The molecule has 6 aromatic rings. The van der Waals surface area contributed by atoms with Crippen molar-refractivity contribution in [3.63, 3.8) is 0 Å². The van der Waals surface area contributed by atoms with Crippen molar-refractivity contribution in [2.24, 2.45) is 0 Å². The molecule has 3 aliphatic rings. The Bertz CT molecular complexity index is 3010. The lowest BCUT2D eigenvalue weighted by Crippen LogP contribution is -2.32. The van der Waals surface area contributed by atoms with E-state index in [1.807, 2.05) is 41.5 Å². The molecule has 60 heavy (non-hydrogen) atoms. The number of aliphatic hydroxyl groups excluding tert-OH is 1. The van der Waals surface area contributed by atoms with E-state index >= 15 is 0 Å². The highest BCUT2D eigenvalue weighted by Crippen LogP contribution is 2.43. The van der Waals surface area contributed by atoms with Gasteiger partial charge in [-0.2, -0.15) is 9.73 Å². The molecule has 2 aromatic carbocycles. The van der Waals surface area contributed by atoms with Crippen LogP contribution in [0.2, 0.25) is 0 Å². The highest BCUT2D eigenvalue weighted by molar-refractivity contribution is 7.93. The number of nitrogens with one attached hydrogen (secondary N) is 3. The molecule has 2 saturated carbocycles. The Morgan fingerprint density at radius 3 is 1.62 bits per heavy atom. The number of carbonyl (C=O) groups is 1. The first-order valence-electron chi connectivity index (χ1n) is 20.3. The molecule has 2 fully saturated rings. The van der Waals surface area contributed by atoms with Crippen LogP contribution in [-0.2, 0) is 35.7 Å². The third-order valence-electron chi connectivity index (χ3n) is 11.7. The number of hydrogen-bond donors (Lipinski definition) is 4. The maximum Gasteiger partial charge on any atom is 0.235 e. The number of H-pyrrole nitrogens is 1. The van der Waals surface area contributed by atoms with Crippen molar-refractivity contribution in [2.75, 3.05) is 9.44 Å². The predicted molar refractivity (Wildman–Crippen MR) is 229 cm³/mol. The summed E-state index contributed by atoms with van der Waals surface area (Å²) in [4.78, 5) is 24.2. The van der Waals surface area contributed by atoms with Crippen LogP contribution in [0.25, 0.3) is 45.2 Å². The van der Waals surface area contributed by atoms with E-state index in [2.05, 4.69) is 24.7 Å². The molecular weight excluding hydrogens is 805 g/mol. The van der Waals surface area contributed by atoms with E-state index < -0.39 is 41.9 Å². The van der Waals surface area contributed by atoms with Crippen LogP contribution >= 0.6 is 0 Å². The number of allylic oxidation sites excluding steroid dienone is 2. The maximum absolute atomic E-state index is 14.5. The van der Waals surface area contributed by atoms with Gasteiger partial charge in [0, 0.05) is 33.3 Å². The number of aromatic amines is 1. The number of aromatic nitrogens is 8. The van der Waals surface area contributed by atoms with E-state index in [0.29, 0.717) is 93.3 Å². The Kier molecular flexibility index (Phi) is 9.27. The molecule has 314 valence electrons. The molecule has 0 atom stereocenters. The molecule has 9 rings (SSSR count). The summed E-state index contributed by atoms with van der Waals surface area (Å²) >= 11 is 0. The van der Waals surface area contributed by atoms with Crippen molar-refractivity contribution in [1.29, 1.82) is 0 Å². The van der Waals surface area contributed by atoms with Gasteiger partial charge in [-0.15, -0.1) is 14.8 Å². The minimum atomic E-state index is -3.50. The second-order valence-corrected chi connectivity index (χ2v) is 22.1. The van der Waals surface area contributed by atoms with Crippen molar-refractivity contribution in [3.05, 3.63) is 76.5 Å². The molecule has 0 bridgehead atoms. The van der Waals surface area contributed by atoms with Crippen molar-refractivity contribution >= 4 is 59.6 Å². The smallest absolute Gasteiger partial charge is 0.235 e. The zero-order valence-electron chi connectivity index (χ0n) is 34.4. The summed E-state index contributed by atoms with van der Waals surface area (Å²) in [5, 5.41) is 29.0. The van der Waals surface area contributed by atoms with Gasteiger partial charge in [-0.05, 0) is 74.2 Å². The van der Waals surface area contributed by atoms with Gasteiger partial charge in [0.1, 0.15) is 5.76 Å². The van der Waals surface area contributed by atoms with Crippen molar-refractivity contribution < 1.29 is 26.7 Å². The van der Waals surface area contributed by atoms with Gasteiger partial charge in [0.15, 0.2) is 22.9 Å². The van der Waals surface area contributed by atoms with Gasteiger partial charge in [0.2, 0.25) is 25.8 Å². The molecule has 18 heteroatoms. The van der Waals surface area contributed by atoms with Crippen LogP contribution < -0.4 is 14.7 Å². The third-order valence-corrected chi connectivity index (χ3v) is 15.5. The van der Waals surface area contributed by atoms with Crippen LogP contribution in [0, 0.1) is 0 Å². The Morgan fingerprint density at radius 2 is 1.15 bits per heavy atom. The molecule has 0 saturated heterocycles. The van der Waals surface area contributed by atoms with Gasteiger partial charge in [0.05, 0.1) is 43.8 Å². The summed E-state index contributed by atoms with van der Waals surface area (Å²) in [5.41, 5.74) is 3.47. The normalized spacial score (nSPS) is 18.3. The standard InChI is InChI=1S/C42H48N10O6S2/c1-41(2,3)35-31(39-43-37(47-51(39)45-35)23-15-19-25(20-16-23)49-59(55,56)27-11-7-8-12-27)29-33(53)30(34(29)54)32-36(42(4,5)6)46-52-40(32)44-38(48-52)24-17-21-26(22-18-24)50-60(57,58)28-13-9-10-14-28/h15-22,27-28,45,49-50,53H,7-14H2,1-6H3. The average molecular weight is 853 g/mol. The first-order valence-corrected chi connectivity index (χ1v) is 23.4. The molecule has 0 aliphatic heterocycles. The summed E-state index contributed by atoms with van der Waals surface area (Å²) < 4.78 is 59.8. The fraction of sp³-hybridized carbons (Fsp3) is 0.429. The van der Waals surface area contributed by atoms with Crippen LogP contribution in [-0.4, -0.2) is 77.8 Å². The van der Waals surface area contributed by atoms with Crippen LogP contribution in [0.15, 0.2) is 54.3 Å². The van der Waals surface area contributed by atoms with Crippen molar-refractivity contribution in [3.8, 4) is 22.8 Å². The minimum Gasteiger partial charge on any atom is -0.506 e.